The second-order valence-corrected chi connectivity index (χ2v) is 8.43. The van der Waals surface area contributed by atoms with Crippen LogP contribution in [0.25, 0.3) is 6.08 Å². The molecule has 21 heavy (non-hydrogen) atoms. The van der Waals surface area contributed by atoms with Crippen molar-refractivity contribution < 1.29 is 18.3 Å². The highest BCUT2D eigenvalue weighted by atomic mass is 32.2. The van der Waals surface area contributed by atoms with E-state index in [4.69, 9.17) is 5.11 Å². The summed E-state index contributed by atoms with van der Waals surface area (Å²) in [4.78, 5) is 14.6. The van der Waals surface area contributed by atoms with Crippen LogP contribution >= 0.6 is 11.3 Å². The highest BCUT2D eigenvalue weighted by Crippen LogP contribution is 2.19. The third-order valence-corrected chi connectivity index (χ3v) is 6.33. The minimum Gasteiger partial charge on any atom is -0.392 e. The van der Waals surface area contributed by atoms with Crippen LogP contribution in [-0.2, 0) is 21.2 Å². The third-order valence-electron chi connectivity index (χ3n) is 3.67. The number of likely N-dealkylation sites (N-methyl/N-ethyl adjacent to an activating group) is 1. The number of aliphatic hydroxyl groups excluding tert-OH is 1. The predicted molar refractivity (Wildman–Crippen MR) is 83.7 cm³/mol. The molecule has 0 saturated carbocycles. The lowest BCUT2D eigenvalue weighted by Gasteiger charge is -2.30. The van der Waals surface area contributed by atoms with Crippen molar-refractivity contribution in [3.05, 3.63) is 28.0 Å². The molecule has 0 spiro atoms. The van der Waals surface area contributed by atoms with Crippen LogP contribution in [0.15, 0.2) is 17.5 Å². The Bertz CT molecular complexity index is 619. The molecule has 1 amide bonds. The number of nitrogens with zero attached hydrogens (tertiary/aromatic N) is 1. The molecule has 1 N–H and O–H groups in total. The third kappa shape index (κ3) is 4.39. The monoisotopic (exact) mass is 329 g/mol. The Kier molecular flexibility index (Phi) is 5.18. The number of aliphatic hydroxyl groups is 1. The molecule has 0 aromatic carbocycles. The smallest absolute Gasteiger partial charge is 0.246 e. The predicted octanol–water partition coefficient (Wildman–Crippen LogP) is 1.29. The fraction of sp³-hybridized carbons (Fsp3) is 0.500. The molecule has 0 radical (unpaired) electrons. The highest BCUT2D eigenvalue weighted by molar-refractivity contribution is 7.91. The zero-order valence-electron chi connectivity index (χ0n) is 11.9. The van der Waals surface area contributed by atoms with Gasteiger partial charge in [-0.05, 0) is 35.9 Å². The quantitative estimate of drug-likeness (QED) is 0.845. The summed E-state index contributed by atoms with van der Waals surface area (Å²) in [5, 5.41) is 10.8. The van der Waals surface area contributed by atoms with Crippen molar-refractivity contribution in [3.8, 4) is 0 Å². The Morgan fingerprint density at radius 1 is 1.48 bits per heavy atom. The van der Waals surface area contributed by atoms with Crippen LogP contribution in [-0.4, -0.2) is 48.9 Å². The molecule has 2 rings (SSSR count). The van der Waals surface area contributed by atoms with Gasteiger partial charge in [-0.2, -0.15) is 0 Å². The molecule has 1 fully saturated rings. The van der Waals surface area contributed by atoms with Gasteiger partial charge in [-0.15, -0.1) is 11.3 Å². The maximum atomic E-state index is 12.1. The molecule has 1 aromatic rings. The van der Waals surface area contributed by atoms with Gasteiger partial charge in [0, 0.05) is 24.0 Å². The van der Waals surface area contributed by atoms with Crippen LogP contribution in [0.2, 0.25) is 0 Å². The lowest BCUT2D eigenvalue weighted by molar-refractivity contribution is -0.126. The normalized spacial score (nSPS) is 19.0. The molecule has 116 valence electrons. The summed E-state index contributed by atoms with van der Waals surface area (Å²) < 4.78 is 22.8. The molecule has 0 atom stereocenters. The molecule has 1 saturated heterocycles. The zero-order valence-corrected chi connectivity index (χ0v) is 13.5. The summed E-state index contributed by atoms with van der Waals surface area (Å²) in [7, 11) is -1.20. The average Bonchev–Trinajstić information content (AvgIpc) is 2.92. The summed E-state index contributed by atoms with van der Waals surface area (Å²) in [5.41, 5.74) is 0.831. The summed E-state index contributed by atoms with van der Waals surface area (Å²) in [5.74, 6) is 0.186. The first kappa shape index (κ1) is 16.2. The van der Waals surface area contributed by atoms with Crippen molar-refractivity contribution in [2.45, 2.75) is 25.5 Å². The van der Waals surface area contributed by atoms with Crippen molar-refractivity contribution in [1.82, 2.24) is 4.90 Å². The number of rotatable bonds is 4. The van der Waals surface area contributed by atoms with Crippen molar-refractivity contribution in [3.63, 3.8) is 0 Å². The first-order chi connectivity index (χ1) is 9.91. The van der Waals surface area contributed by atoms with E-state index in [-0.39, 0.29) is 30.1 Å². The minimum atomic E-state index is -2.91. The van der Waals surface area contributed by atoms with Crippen LogP contribution < -0.4 is 0 Å². The number of amides is 1. The maximum Gasteiger partial charge on any atom is 0.246 e. The fourth-order valence-electron chi connectivity index (χ4n) is 2.28. The van der Waals surface area contributed by atoms with E-state index >= 15 is 0 Å². The Labute approximate surface area is 128 Å². The summed E-state index contributed by atoms with van der Waals surface area (Å²) >= 11 is 1.47. The number of hydrogen-bond donors (Lipinski definition) is 1. The largest absolute Gasteiger partial charge is 0.392 e. The van der Waals surface area contributed by atoms with Crippen LogP contribution in [0.3, 0.4) is 0 Å². The van der Waals surface area contributed by atoms with Gasteiger partial charge in [0.25, 0.3) is 0 Å². The minimum absolute atomic E-state index is 0.00522. The van der Waals surface area contributed by atoms with Crippen LogP contribution in [0.5, 0.6) is 0 Å². The number of hydrogen-bond acceptors (Lipinski definition) is 5. The molecule has 0 unspecified atom stereocenters. The van der Waals surface area contributed by atoms with E-state index in [9.17, 15) is 13.2 Å². The average molecular weight is 329 g/mol. The lowest BCUT2D eigenvalue weighted by Crippen LogP contribution is -2.41. The molecule has 5 nitrogen and oxygen atoms in total. The second kappa shape index (κ2) is 6.72. The van der Waals surface area contributed by atoms with Gasteiger partial charge in [0.2, 0.25) is 5.91 Å². The number of thiophene rings is 1. The Morgan fingerprint density at radius 3 is 2.71 bits per heavy atom. The van der Waals surface area contributed by atoms with Crippen molar-refractivity contribution in [2.24, 2.45) is 0 Å². The van der Waals surface area contributed by atoms with Gasteiger partial charge in [0.1, 0.15) is 9.84 Å². The molecule has 0 bridgehead atoms. The van der Waals surface area contributed by atoms with Gasteiger partial charge < -0.3 is 10.0 Å². The zero-order chi connectivity index (χ0) is 15.5. The first-order valence-corrected chi connectivity index (χ1v) is 9.45. The molecular weight excluding hydrogens is 310 g/mol. The van der Waals surface area contributed by atoms with Crippen molar-refractivity contribution in [2.75, 3.05) is 18.6 Å². The maximum absolute atomic E-state index is 12.1. The van der Waals surface area contributed by atoms with E-state index in [0.717, 1.165) is 10.4 Å². The van der Waals surface area contributed by atoms with E-state index in [1.165, 1.54) is 17.4 Å². The molecule has 1 aliphatic rings. The van der Waals surface area contributed by atoms with Gasteiger partial charge in [-0.1, -0.05) is 0 Å². The highest BCUT2D eigenvalue weighted by Gasteiger charge is 2.27. The van der Waals surface area contributed by atoms with Gasteiger partial charge in [0.15, 0.2) is 0 Å². The van der Waals surface area contributed by atoms with E-state index in [0.29, 0.717) is 12.8 Å². The standard InChI is InChI=1S/C14H19NO4S2/c1-15(12-4-6-21(18,19)7-5-12)14(17)3-2-13-8-11(9-16)10-20-13/h2-3,8,10,12,16H,4-7,9H2,1H3. The van der Waals surface area contributed by atoms with E-state index in [2.05, 4.69) is 0 Å². The number of carbonyl (C=O) groups excluding carboxylic acids is 1. The lowest BCUT2D eigenvalue weighted by atomic mass is 10.1. The summed E-state index contributed by atoms with van der Waals surface area (Å²) in [6, 6.07) is 1.82. The van der Waals surface area contributed by atoms with Crippen molar-refractivity contribution in [1.29, 1.82) is 0 Å². The van der Waals surface area contributed by atoms with Crippen molar-refractivity contribution >= 4 is 33.2 Å². The number of sulfone groups is 1. The van der Waals surface area contributed by atoms with Gasteiger partial charge in [-0.25, -0.2) is 8.42 Å². The Morgan fingerprint density at radius 2 is 2.14 bits per heavy atom. The molecule has 1 aliphatic heterocycles. The SMILES string of the molecule is CN(C(=O)C=Cc1cc(CO)cs1)C1CCS(=O)(=O)CC1. The molecule has 7 heteroatoms. The van der Waals surface area contributed by atoms with E-state index in [1.807, 2.05) is 11.4 Å². The molecule has 1 aromatic heterocycles. The first-order valence-electron chi connectivity index (χ1n) is 6.75. The van der Waals surface area contributed by atoms with Crippen LogP contribution in [0, 0.1) is 0 Å². The Balaban J connectivity index is 1.93. The van der Waals surface area contributed by atoms with Crippen LogP contribution in [0.4, 0.5) is 0 Å². The van der Waals surface area contributed by atoms with Gasteiger partial charge >= 0.3 is 0 Å². The van der Waals surface area contributed by atoms with E-state index in [1.54, 1.807) is 18.0 Å². The summed E-state index contributed by atoms with van der Waals surface area (Å²) in [6.07, 6.45) is 4.23. The topological polar surface area (TPSA) is 74.7 Å². The molecular formula is C14H19NO4S2. The second-order valence-electron chi connectivity index (χ2n) is 5.18. The van der Waals surface area contributed by atoms with Crippen LogP contribution in [0.1, 0.15) is 23.3 Å². The summed E-state index contributed by atoms with van der Waals surface area (Å²) in [6.45, 7) is -0.00522. The molecule has 2 heterocycles. The number of carbonyl (C=O) groups is 1. The van der Waals surface area contributed by atoms with E-state index < -0.39 is 9.84 Å². The fourth-order valence-corrected chi connectivity index (χ4v) is 4.54. The van der Waals surface area contributed by atoms with Gasteiger partial charge in [-0.3, -0.25) is 4.79 Å². The molecule has 0 aliphatic carbocycles. The Hall–Kier alpha value is -1.18. The van der Waals surface area contributed by atoms with Gasteiger partial charge in [0.05, 0.1) is 18.1 Å².